The highest BCUT2D eigenvalue weighted by atomic mass is 16.7. The van der Waals surface area contributed by atoms with E-state index in [0.717, 1.165) is 5.56 Å². The minimum absolute atomic E-state index is 0.000544. The van der Waals surface area contributed by atoms with Gasteiger partial charge in [0.05, 0.1) is 10.5 Å². The van der Waals surface area contributed by atoms with Crippen LogP contribution in [0.3, 0.4) is 0 Å². The van der Waals surface area contributed by atoms with E-state index in [2.05, 4.69) is 0 Å². The molecular formula is C17H15NO6. The number of non-ortho nitro benzene ring substituents is 1. The van der Waals surface area contributed by atoms with Crippen molar-refractivity contribution < 1.29 is 23.9 Å². The predicted octanol–water partition coefficient (Wildman–Crippen LogP) is 2.90. The summed E-state index contributed by atoms with van der Waals surface area (Å²) < 4.78 is 15.7. The van der Waals surface area contributed by atoms with Crippen LogP contribution in [0.4, 0.5) is 5.69 Å². The van der Waals surface area contributed by atoms with Gasteiger partial charge in [0.2, 0.25) is 0 Å². The zero-order valence-electron chi connectivity index (χ0n) is 12.9. The van der Waals surface area contributed by atoms with Crippen LogP contribution in [0.15, 0.2) is 48.5 Å². The molecule has 1 fully saturated rings. The highest BCUT2D eigenvalue weighted by Gasteiger charge is 2.47. The third kappa shape index (κ3) is 3.27. The van der Waals surface area contributed by atoms with E-state index in [-0.39, 0.29) is 18.3 Å². The Morgan fingerprint density at radius 2 is 1.92 bits per heavy atom. The number of nitro groups is 1. The first-order chi connectivity index (χ1) is 11.6. The maximum absolute atomic E-state index is 12.6. The lowest BCUT2D eigenvalue weighted by Gasteiger charge is -2.08. The number of Topliss-reactive ketones (excluding diaryl/α,β-unsaturated/α-hetero) is 1. The maximum atomic E-state index is 12.6. The zero-order valence-corrected chi connectivity index (χ0v) is 12.9. The summed E-state index contributed by atoms with van der Waals surface area (Å²) >= 11 is 0. The second kappa shape index (κ2) is 6.77. The molecule has 24 heavy (non-hydrogen) atoms. The molecule has 7 heteroatoms. The van der Waals surface area contributed by atoms with E-state index in [9.17, 15) is 14.9 Å². The van der Waals surface area contributed by atoms with Crippen molar-refractivity contribution in [3.05, 3.63) is 69.8 Å². The molecule has 0 aliphatic carbocycles. The van der Waals surface area contributed by atoms with Crippen LogP contribution in [-0.2, 0) is 9.47 Å². The predicted molar refractivity (Wildman–Crippen MR) is 84.0 cm³/mol. The van der Waals surface area contributed by atoms with Crippen molar-refractivity contribution in [1.29, 1.82) is 0 Å². The van der Waals surface area contributed by atoms with Gasteiger partial charge in [-0.2, -0.15) is 0 Å². The van der Waals surface area contributed by atoms with Crippen LogP contribution in [0.5, 0.6) is 5.75 Å². The van der Waals surface area contributed by atoms with Crippen LogP contribution in [0.2, 0.25) is 0 Å². The molecule has 0 unspecified atom stereocenters. The topological polar surface area (TPSA) is 91.2 Å². The first kappa shape index (κ1) is 16.1. The van der Waals surface area contributed by atoms with Gasteiger partial charge < -0.3 is 14.2 Å². The molecule has 3 rings (SSSR count). The monoisotopic (exact) mass is 329 g/mol. The number of rotatable bonds is 7. The smallest absolute Gasteiger partial charge is 0.269 e. The molecule has 0 spiro atoms. The molecule has 1 heterocycles. The van der Waals surface area contributed by atoms with Crippen LogP contribution >= 0.6 is 0 Å². The molecule has 124 valence electrons. The molecule has 0 amide bonds. The molecular weight excluding hydrogens is 314 g/mol. The van der Waals surface area contributed by atoms with Gasteiger partial charge in [-0.1, -0.05) is 12.1 Å². The van der Waals surface area contributed by atoms with Crippen LogP contribution < -0.4 is 4.74 Å². The molecule has 0 bridgehead atoms. The maximum Gasteiger partial charge on any atom is 0.269 e. The number of benzene rings is 2. The Hall–Kier alpha value is -2.77. The molecule has 0 aromatic heterocycles. The van der Waals surface area contributed by atoms with E-state index in [1.807, 2.05) is 0 Å². The van der Waals surface area contributed by atoms with Gasteiger partial charge in [0, 0.05) is 19.2 Å². The van der Waals surface area contributed by atoms with Gasteiger partial charge in [-0.25, -0.2) is 0 Å². The fourth-order valence-corrected chi connectivity index (χ4v) is 2.42. The minimum atomic E-state index is -0.612. The highest BCUT2D eigenvalue weighted by Crippen LogP contribution is 2.42. The summed E-state index contributed by atoms with van der Waals surface area (Å²) in [6.07, 6.45) is -1.01. The number of hydrogen-bond acceptors (Lipinski definition) is 6. The van der Waals surface area contributed by atoms with E-state index >= 15 is 0 Å². The molecule has 1 aliphatic rings. The van der Waals surface area contributed by atoms with E-state index < -0.39 is 17.1 Å². The van der Waals surface area contributed by atoms with Crippen molar-refractivity contribution in [2.45, 2.75) is 12.2 Å². The lowest BCUT2D eigenvalue weighted by Crippen LogP contribution is -2.11. The second-order valence-electron chi connectivity index (χ2n) is 5.24. The molecule has 2 aromatic rings. The molecule has 2 atom stereocenters. The van der Waals surface area contributed by atoms with Crippen LogP contribution in [-0.4, -0.2) is 30.7 Å². The number of hydrogen-bond donors (Lipinski definition) is 0. The van der Waals surface area contributed by atoms with E-state index in [0.29, 0.717) is 11.3 Å². The van der Waals surface area contributed by atoms with Gasteiger partial charge in [-0.15, -0.1) is 0 Å². The molecule has 0 N–H and O–H groups in total. The van der Waals surface area contributed by atoms with Crippen molar-refractivity contribution in [2.24, 2.45) is 0 Å². The van der Waals surface area contributed by atoms with Crippen molar-refractivity contribution in [2.75, 3.05) is 13.9 Å². The zero-order chi connectivity index (χ0) is 17.1. The number of epoxide rings is 1. The number of nitrogens with zero attached hydrogens (tertiary/aromatic N) is 1. The van der Waals surface area contributed by atoms with Crippen molar-refractivity contribution in [1.82, 2.24) is 0 Å². The Bertz CT molecular complexity index is 758. The number of para-hydroxylation sites is 1. The average molecular weight is 329 g/mol. The average Bonchev–Trinajstić information content (AvgIpc) is 3.40. The number of ether oxygens (including phenoxy) is 3. The van der Waals surface area contributed by atoms with E-state index in [1.165, 1.54) is 19.2 Å². The lowest BCUT2D eigenvalue weighted by atomic mass is 10.0. The number of ketones is 1. The van der Waals surface area contributed by atoms with Crippen molar-refractivity contribution >= 4 is 11.5 Å². The number of nitro benzene ring substituents is 1. The van der Waals surface area contributed by atoms with Crippen molar-refractivity contribution in [3.63, 3.8) is 0 Å². The first-order valence-electron chi connectivity index (χ1n) is 7.26. The number of carbonyl (C=O) groups is 1. The Labute approximate surface area is 137 Å². The van der Waals surface area contributed by atoms with E-state index in [1.54, 1.807) is 36.4 Å². The lowest BCUT2D eigenvalue weighted by molar-refractivity contribution is -0.384. The Morgan fingerprint density at radius 3 is 2.58 bits per heavy atom. The number of methoxy groups -OCH3 is 1. The molecule has 1 aliphatic heterocycles. The quantitative estimate of drug-likeness (QED) is 0.255. The van der Waals surface area contributed by atoms with Gasteiger partial charge in [0.15, 0.2) is 18.7 Å². The molecule has 2 aromatic carbocycles. The molecule has 0 saturated carbocycles. The summed E-state index contributed by atoms with van der Waals surface area (Å²) in [5.74, 6) is 0.243. The summed E-state index contributed by atoms with van der Waals surface area (Å²) in [7, 11) is 1.50. The Balaban J connectivity index is 1.73. The molecule has 0 radical (unpaired) electrons. The van der Waals surface area contributed by atoms with Crippen molar-refractivity contribution in [3.8, 4) is 5.75 Å². The van der Waals surface area contributed by atoms with Gasteiger partial charge in [0.25, 0.3) is 5.69 Å². The molecule has 1 saturated heterocycles. The summed E-state index contributed by atoms with van der Waals surface area (Å²) in [6.45, 7) is 0.0433. The van der Waals surface area contributed by atoms with Gasteiger partial charge >= 0.3 is 0 Å². The summed E-state index contributed by atoms with van der Waals surface area (Å²) in [4.78, 5) is 22.8. The first-order valence-corrected chi connectivity index (χ1v) is 7.26. The standard InChI is InChI=1S/C17H15NO6/c1-22-10-23-14-5-3-2-4-13(14)15(19)17-16(24-17)11-6-8-12(9-7-11)18(20)21/h2-9,16-17H,10H2,1H3/t16-,17-/m1/s1. The van der Waals surface area contributed by atoms with Gasteiger partial charge in [-0.3, -0.25) is 14.9 Å². The number of carbonyl (C=O) groups excluding carboxylic acids is 1. The van der Waals surface area contributed by atoms with Gasteiger partial charge in [-0.05, 0) is 29.8 Å². The van der Waals surface area contributed by atoms with E-state index in [4.69, 9.17) is 14.2 Å². The minimum Gasteiger partial charge on any atom is -0.467 e. The van der Waals surface area contributed by atoms with Gasteiger partial charge in [0.1, 0.15) is 11.9 Å². The fourth-order valence-electron chi connectivity index (χ4n) is 2.42. The normalized spacial score (nSPS) is 18.9. The summed E-state index contributed by atoms with van der Waals surface area (Å²) in [5.41, 5.74) is 1.15. The third-order valence-electron chi connectivity index (χ3n) is 3.67. The highest BCUT2D eigenvalue weighted by molar-refractivity contribution is 6.03. The largest absolute Gasteiger partial charge is 0.467 e. The Kier molecular flexibility index (Phi) is 4.54. The van der Waals surface area contributed by atoms with Crippen LogP contribution in [0, 0.1) is 10.1 Å². The summed E-state index contributed by atoms with van der Waals surface area (Å²) in [5, 5.41) is 10.7. The second-order valence-corrected chi connectivity index (χ2v) is 5.24. The molecule has 7 nitrogen and oxygen atoms in total. The van der Waals surface area contributed by atoms with Crippen LogP contribution in [0.1, 0.15) is 22.0 Å². The summed E-state index contributed by atoms with van der Waals surface area (Å²) in [6, 6.07) is 12.9. The third-order valence-corrected chi connectivity index (χ3v) is 3.67. The van der Waals surface area contributed by atoms with Crippen LogP contribution in [0.25, 0.3) is 0 Å². The fraction of sp³-hybridized carbons (Fsp3) is 0.235. The Morgan fingerprint density at radius 1 is 1.21 bits per heavy atom. The SMILES string of the molecule is COCOc1ccccc1C(=O)[C@H]1O[C@@H]1c1ccc([N+](=O)[O-])cc1.